The van der Waals surface area contributed by atoms with Crippen molar-refractivity contribution in [1.29, 1.82) is 0 Å². The molecule has 4 heteroatoms. The molecule has 0 atom stereocenters. The van der Waals surface area contributed by atoms with Gasteiger partial charge in [-0.3, -0.25) is 0 Å². The van der Waals surface area contributed by atoms with Gasteiger partial charge in [0.25, 0.3) is 0 Å². The molecule has 0 aromatic heterocycles. The van der Waals surface area contributed by atoms with E-state index in [1.165, 1.54) is 18.9 Å². The van der Waals surface area contributed by atoms with Crippen LogP contribution in [-0.4, -0.2) is 32.4 Å². The molecule has 92 valence electrons. The molecule has 2 fully saturated rings. The maximum Gasteiger partial charge on any atom is 0.145 e. The molecular formula is C13H16FNO2. The Morgan fingerprint density at radius 2 is 2.00 bits per heavy atom. The normalized spacial score (nSPS) is 20.4. The largest absolute Gasteiger partial charge is 0.483 e. The lowest BCUT2D eigenvalue weighted by Gasteiger charge is -2.29. The summed E-state index contributed by atoms with van der Waals surface area (Å²) in [5.74, 6) is 0.575. The minimum absolute atomic E-state index is 0.127. The second kappa shape index (κ2) is 4.53. The summed E-state index contributed by atoms with van der Waals surface area (Å²) in [6.45, 7) is 3.25. The Kier molecular flexibility index (Phi) is 2.89. The second-order valence-electron chi connectivity index (χ2n) is 4.58. The Morgan fingerprint density at radius 3 is 2.65 bits per heavy atom. The molecular weight excluding hydrogens is 221 g/mol. The van der Waals surface area contributed by atoms with E-state index in [-0.39, 0.29) is 11.9 Å². The van der Waals surface area contributed by atoms with Crippen molar-refractivity contribution in [2.24, 2.45) is 0 Å². The van der Waals surface area contributed by atoms with Crippen molar-refractivity contribution in [1.82, 2.24) is 0 Å². The van der Waals surface area contributed by atoms with Crippen molar-refractivity contribution < 1.29 is 13.9 Å². The van der Waals surface area contributed by atoms with E-state index in [0.29, 0.717) is 13.2 Å². The maximum absolute atomic E-state index is 13.3. The van der Waals surface area contributed by atoms with Gasteiger partial charge in [-0.25, -0.2) is 4.39 Å². The highest BCUT2D eigenvalue weighted by Crippen LogP contribution is 2.33. The molecule has 0 bridgehead atoms. The van der Waals surface area contributed by atoms with Crippen LogP contribution in [0.1, 0.15) is 12.8 Å². The number of ether oxygens (including phenoxy) is 2. The van der Waals surface area contributed by atoms with Crippen molar-refractivity contribution in [2.75, 3.05) is 31.2 Å². The molecule has 3 nitrogen and oxygen atoms in total. The van der Waals surface area contributed by atoms with Crippen LogP contribution in [0, 0.1) is 5.82 Å². The number of halogens is 1. The fraction of sp³-hybridized carbons (Fsp3) is 0.538. The Balaban J connectivity index is 1.84. The van der Waals surface area contributed by atoms with Crippen LogP contribution in [0.2, 0.25) is 0 Å². The zero-order valence-corrected chi connectivity index (χ0v) is 9.69. The van der Waals surface area contributed by atoms with Gasteiger partial charge in [-0.1, -0.05) is 0 Å². The van der Waals surface area contributed by atoms with E-state index < -0.39 is 0 Å². The summed E-state index contributed by atoms with van der Waals surface area (Å²) in [4.78, 5) is 2.19. The van der Waals surface area contributed by atoms with Crippen molar-refractivity contribution in [3.05, 3.63) is 24.0 Å². The standard InChI is InChI=1S/C13H16FNO2/c14-10-3-4-13(17-11-8-16-9-11)12(7-10)15-5-1-2-6-15/h3-4,7,11H,1-2,5-6,8-9H2. The summed E-state index contributed by atoms with van der Waals surface area (Å²) >= 11 is 0. The van der Waals surface area contributed by atoms with Crippen molar-refractivity contribution >= 4 is 5.69 Å². The molecule has 17 heavy (non-hydrogen) atoms. The first-order chi connectivity index (χ1) is 8.33. The van der Waals surface area contributed by atoms with Crippen LogP contribution in [0.4, 0.5) is 10.1 Å². The van der Waals surface area contributed by atoms with E-state index in [1.807, 2.05) is 0 Å². The molecule has 0 radical (unpaired) electrons. The van der Waals surface area contributed by atoms with Crippen LogP contribution in [0.15, 0.2) is 18.2 Å². The van der Waals surface area contributed by atoms with E-state index in [4.69, 9.17) is 9.47 Å². The minimum Gasteiger partial charge on any atom is -0.483 e. The summed E-state index contributed by atoms with van der Waals surface area (Å²) in [6.07, 6.45) is 2.46. The molecule has 0 aliphatic carbocycles. The van der Waals surface area contributed by atoms with Crippen LogP contribution in [-0.2, 0) is 4.74 Å². The molecule has 2 saturated heterocycles. The quantitative estimate of drug-likeness (QED) is 0.804. The van der Waals surface area contributed by atoms with Gasteiger partial charge in [0.1, 0.15) is 17.7 Å². The Bertz CT molecular complexity index is 400. The summed E-state index contributed by atoms with van der Waals surface area (Å²) in [5, 5.41) is 0. The molecule has 0 saturated carbocycles. The highest BCUT2D eigenvalue weighted by Gasteiger charge is 2.23. The van der Waals surface area contributed by atoms with E-state index in [0.717, 1.165) is 24.5 Å². The van der Waals surface area contributed by atoms with Gasteiger partial charge in [0.05, 0.1) is 18.9 Å². The molecule has 0 unspecified atom stereocenters. The van der Waals surface area contributed by atoms with Crippen LogP contribution in [0.25, 0.3) is 0 Å². The molecule has 1 aromatic rings. The van der Waals surface area contributed by atoms with Gasteiger partial charge in [-0.15, -0.1) is 0 Å². The highest BCUT2D eigenvalue weighted by molar-refractivity contribution is 5.59. The highest BCUT2D eigenvalue weighted by atomic mass is 19.1. The number of benzene rings is 1. The zero-order valence-electron chi connectivity index (χ0n) is 9.69. The third kappa shape index (κ3) is 2.22. The minimum atomic E-state index is -0.205. The van der Waals surface area contributed by atoms with E-state index in [2.05, 4.69) is 4.90 Å². The van der Waals surface area contributed by atoms with Crippen LogP contribution in [0.5, 0.6) is 5.75 Å². The third-order valence-electron chi connectivity index (χ3n) is 3.27. The molecule has 3 rings (SSSR count). The molecule has 1 aromatic carbocycles. The fourth-order valence-corrected chi connectivity index (χ4v) is 2.26. The molecule has 2 aliphatic rings. The Morgan fingerprint density at radius 1 is 1.24 bits per heavy atom. The van der Waals surface area contributed by atoms with Crippen LogP contribution >= 0.6 is 0 Å². The zero-order chi connectivity index (χ0) is 11.7. The van der Waals surface area contributed by atoms with Crippen molar-refractivity contribution in [2.45, 2.75) is 18.9 Å². The van der Waals surface area contributed by atoms with E-state index >= 15 is 0 Å². The van der Waals surface area contributed by atoms with Gasteiger partial charge in [0.2, 0.25) is 0 Å². The topological polar surface area (TPSA) is 21.7 Å². The molecule has 2 heterocycles. The summed E-state index contributed by atoms with van der Waals surface area (Å²) in [7, 11) is 0. The Labute approximate surface area is 100 Å². The van der Waals surface area contributed by atoms with Gasteiger partial charge < -0.3 is 14.4 Å². The van der Waals surface area contributed by atoms with Crippen LogP contribution in [0.3, 0.4) is 0 Å². The average Bonchev–Trinajstić information content (AvgIpc) is 2.78. The number of anilines is 1. The first-order valence-corrected chi connectivity index (χ1v) is 6.12. The maximum atomic E-state index is 13.3. The van der Waals surface area contributed by atoms with Crippen molar-refractivity contribution in [3.63, 3.8) is 0 Å². The summed E-state index contributed by atoms with van der Waals surface area (Å²) < 4.78 is 24.2. The van der Waals surface area contributed by atoms with E-state index in [9.17, 15) is 4.39 Å². The lowest BCUT2D eigenvalue weighted by Crippen LogP contribution is -2.39. The average molecular weight is 237 g/mol. The molecule has 0 N–H and O–H groups in total. The van der Waals surface area contributed by atoms with Gasteiger partial charge in [0, 0.05) is 19.2 Å². The van der Waals surface area contributed by atoms with Crippen LogP contribution < -0.4 is 9.64 Å². The molecule has 0 amide bonds. The third-order valence-corrected chi connectivity index (χ3v) is 3.27. The van der Waals surface area contributed by atoms with E-state index in [1.54, 1.807) is 12.1 Å². The number of hydrogen-bond donors (Lipinski definition) is 0. The smallest absolute Gasteiger partial charge is 0.145 e. The predicted octanol–water partition coefficient (Wildman–Crippen LogP) is 2.20. The van der Waals surface area contributed by atoms with Gasteiger partial charge in [0.15, 0.2) is 0 Å². The first-order valence-electron chi connectivity index (χ1n) is 6.12. The second-order valence-corrected chi connectivity index (χ2v) is 4.58. The molecule has 2 aliphatic heterocycles. The first kappa shape index (κ1) is 10.8. The number of hydrogen-bond acceptors (Lipinski definition) is 3. The summed E-state index contributed by atoms with van der Waals surface area (Å²) in [6, 6.07) is 4.75. The SMILES string of the molecule is Fc1ccc(OC2COC2)c(N2CCCC2)c1. The molecule has 0 spiro atoms. The lowest BCUT2D eigenvalue weighted by atomic mass is 10.2. The predicted molar refractivity (Wildman–Crippen MR) is 63.1 cm³/mol. The lowest BCUT2D eigenvalue weighted by molar-refractivity contribution is -0.0794. The Hall–Kier alpha value is -1.29. The van der Waals surface area contributed by atoms with Gasteiger partial charge in [-0.05, 0) is 25.0 Å². The number of rotatable bonds is 3. The van der Waals surface area contributed by atoms with Gasteiger partial charge in [-0.2, -0.15) is 0 Å². The van der Waals surface area contributed by atoms with Crippen molar-refractivity contribution in [3.8, 4) is 5.75 Å². The summed E-state index contributed by atoms with van der Waals surface area (Å²) in [5.41, 5.74) is 0.884. The number of nitrogens with zero attached hydrogens (tertiary/aromatic N) is 1. The van der Waals surface area contributed by atoms with Gasteiger partial charge >= 0.3 is 0 Å². The monoisotopic (exact) mass is 237 g/mol. The fourth-order valence-electron chi connectivity index (χ4n) is 2.26.